The van der Waals surface area contributed by atoms with E-state index in [9.17, 15) is 4.39 Å². The van der Waals surface area contributed by atoms with E-state index >= 15 is 0 Å². The molecule has 3 rings (SSSR count). The van der Waals surface area contributed by atoms with Gasteiger partial charge in [-0.3, -0.25) is 0 Å². The molecule has 0 saturated carbocycles. The highest BCUT2D eigenvalue weighted by atomic mass is 35.5. The van der Waals surface area contributed by atoms with Crippen molar-refractivity contribution in [2.45, 2.75) is 32.2 Å². The van der Waals surface area contributed by atoms with E-state index in [0.29, 0.717) is 5.75 Å². The monoisotopic (exact) mass is 335 g/mol. The minimum Gasteiger partial charge on any atom is -0.494 e. The number of benzene rings is 1. The van der Waals surface area contributed by atoms with Crippen LogP contribution in [0.1, 0.15) is 36.9 Å². The topological polar surface area (TPSA) is 38.2 Å². The van der Waals surface area contributed by atoms with E-state index in [4.69, 9.17) is 16.3 Å². The first kappa shape index (κ1) is 16.0. The van der Waals surface area contributed by atoms with Crippen LogP contribution in [0.4, 0.5) is 10.2 Å². The van der Waals surface area contributed by atoms with Crippen LogP contribution in [0.3, 0.4) is 0 Å². The molecule has 122 valence electrons. The largest absolute Gasteiger partial charge is 0.494 e. The van der Waals surface area contributed by atoms with Gasteiger partial charge in [0.05, 0.1) is 13.2 Å². The molecule has 0 amide bonds. The average molecular weight is 336 g/mol. The molecule has 0 fully saturated rings. The SMILES string of the molecule is CCC1c2cc(F)c(OC)cc2CCCN1c1ccnc(Cl)n1. The number of rotatable bonds is 3. The molecule has 1 atom stereocenters. The molecule has 23 heavy (non-hydrogen) atoms. The van der Waals surface area contributed by atoms with E-state index in [0.717, 1.165) is 42.8 Å². The first-order valence-corrected chi connectivity index (χ1v) is 8.13. The third-order valence-corrected chi connectivity index (χ3v) is 4.47. The quantitative estimate of drug-likeness (QED) is 0.789. The van der Waals surface area contributed by atoms with Gasteiger partial charge in [0.25, 0.3) is 0 Å². The van der Waals surface area contributed by atoms with E-state index in [1.54, 1.807) is 12.3 Å². The molecule has 4 nitrogen and oxygen atoms in total. The van der Waals surface area contributed by atoms with Crippen molar-refractivity contribution in [3.05, 3.63) is 46.6 Å². The molecular formula is C17H19ClFN3O. The predicted molar refractivity (Wildman–Crippen MR) is 88.7 cm³/mol. The van der Waals surface area contributed by atoms with Crippen LogP contribution in [0, 0.1) is 5.82 Å². The van der Waals surface area contributed by atoms with Crippen molar-refractivity contribution < 1.29 is 9.13 Å². The van der Waals surface area contributed by atoms with Crippen LogP contribution >= 0.6 is 11.6 Å². The lowest BCUT2D eigenvalue weighted by atomic mass is 9.96. The molecule has 1 aliphatic rings. The second-order valence-corrected chi connectivity index (χ2v) is 5.93. The van der Waals surface area contributed by atoms with Crippen molar-refractivity contribution in [2.24, 2.45) is 0 Å². The van der Waals surface area contributed by atoms with Crippen molar-refractivity contribution in [1.29, 1.82) is 0 Å². The Morgan fingerprint density at radius 3 is 2.96 bits per heavy atom. The standard InChI is InChI=1S/C17H19ClFN3O/c1-3-14-12-10-13(19)15(23-2)9-11(12)5-4-8-22(14)16-6-7-20-17(18)21-16/h6-7,9-10,14H,3-5,8H2,1-2H3. The fraction of sp³-hybridized carbons (Fsp3) is 0.412. The van der Waals surface area contributed by atoms with Crippen LogP contribution in [0.15, 0.2) is 24.4 Å². The van der Waals surface area contributed by atoms with Crippen LogP contribution in [0.5, 0.6) is 5.75 Å². The Balaban J connectivity index is 2.06. The Labute approximate surface area is 140 Å². The zero-order chi connectivity index (χ0) is 16.4. The number of nitrogens with zero attached hydrogens (tertiary/aromatic N) is 3. The number of fused-ring (bicyclic) bond motifs is 1. The smallest absolute Gasteiger partial charge is 0.224 e. The van der Waals surface area contributed by atoms with E-state index < -0.39 is 0 Å². The third-order valence-electron chi connectivity index (χ3n) is 4.29. The van der Waals surface area contributed by atoms with Crippen molar-refractivity contribution >= 4 is 17.4 Å². The molecule has 0 aliphatic carbocycles. The summed E-state index contributed by atoms with van der Waals surface area (Å²) in [6.07, 6.45) is 4.34. The lowest BCUT2D eigenvalue weighted by Gasteiger charge is -2.31. The Morgan fingerprint density at radius 1 is 1.43 bits per heavy atom. The second-order valence-electron chi connectivity index (χ2n) is 5.59. The zero-order valence-corrected chi connectivity index (χ0v) is 14.0. The molecular weight excluding hydrogens is 317 g/mol. The number of ether oxygens (including phenoxy) is 1. The molecule has 0 saturated heterocycles. The van der Waals surface area contributed by atoms with E-state index in [2.05, 4.69) is 21.8 Å². The molecule has 2 heterocycles. The highest BCUT2D eigenvalue weighted by Crippen LogP contribution is 2.37. The summed E-state index contributed by atoms with van der Waals surface area (Å²) >= 11 is 5.94. The molecule has 2 aromatic rings. The molecule has 1 aromatic carbocycles. The number of halogens is 2. The van der Waals surface area contributed by atoms with Crippen molar-refractivity contribution in [3.63, 3.8) is 0 Å². The van der Waals surface area contributed by atoms with E-state index in [-0.39, 0.29) is 17.1 Å². The van der Waals surface area contributed by atoms with Crippen LogP contribution < -0.4 is 9.64 Å². The van der Waals surface area contributed by atoms with Crippen LogP contribution in [-0.2, 0) is 6.42 Å². The molecule has 0 radical (unpaired) electrons. The molecule has 0 spiro atoms. The van der Waals surface area contributed by atoms with Gasteiger partial charge in [0.1, 0.15) is 5.82 Å². The average Bonchev–Trinajstić information content (AvgIpc) is 2.72. The van der Waals surface area contributed by atoms with Gasteiger partial charge in [-0.05, 0) is 60.2 Å². The maximum atomic E-state index is 14.2. The second kappa shape index (κ2) is 6.71. The number of hydrogen-bond acceptors (Lipinski definition) is 4. The van der Waals surface area contributed by atoms with Crippen LogP contribution in [0.25, 0.3) is 0 Å². The molecule has 0 bridgehead atoms. The van der Waals surface area contributed by atoms with Crippen molar-refractivity contribution in [1.82, 2.24) is 9.97 Å². The molecule has 1 unspecified atom stereocenters. The normalized spacial score (nSPS) is 17.6. The van der Waals surface area contributed by atoms with E-state index in [1.807, 2.05) is 12.1 Å². The summed E-state index contributed by atoms with van der Waals surface area (Å²) in [5.41, 5.74) is 2.13. The van der Waals surface area contributed by atoms with Gasteiger partial charge in [0, 0.05) is 12.7 Å². The van der Waals surface area contributed by atoms with Gasteiger partial charge in [-0.2, -0.15) is 0 Å². The minimum atomic E-state index is -0.327. The summed E-state index contributed by atoms with van der Waals surface area (Å²) in [6, 6.07) is 5.32. The first-order chi connectivity index (χ1) is 11.1. The fourth-order valence-corrected chi connectivity index (χ4v) is 3.40. The first-order valence-electron chi connectivity index (χ1n) is 7.75. The molecule has 1 aromatic heterocycles. The lowest BCUT2D eigenvalue weighted by Crippen LogP contribution is -2.29. The van der Waals surface area contributed by atoms with Gasteiger partial charge in [-0.25, -0.2) is 14.4 Å². The minimum absolute atomic E-state index is 0.0545. The van der Waals surface area contributed by atoms with Gasteiger partial charge in [-0.15, -0.1) is 0 Å². The summed E-state index contributed by atoms with van der Waals surface area (Å²) in [6.45, 7) is 2.93. The Bertz CT molecular complexity index is 710. The summed E-state index contributed by atoms with van der Waals surface area (Å²) in [5.74, 6) is 0.755. The van der Waals surface area contributed by atoms with Gasteiger partial charge in [-0.1, -0.05) is 6.92 Å². The van der Waals surface area contributed by atoms with Crippen molar-refractivity contribution in [3.8, 4) is 5.75 Å². The number of anilines is 1. The highest BCUT2D eigenvalue weighted by molar-refractivity contribution is 6.28. The highest BCUT2D eigenvalue weighted by Gasteiger charge is 2.27. The van der Waals surface area contributed by atoms with Crippen LogP contribution in [0.2, 0.25) is 5.28 Å². The Morgan fingerprint density at radius 2 is 2.26 bits per heavy atom. The molecule has 0 N–H and O–H groups in total. The zero-order valence-electron chi connectivity index (χ0n) is 13.2. The summed E-state index contributed by atoms with van der Waals surface area (Å²) in [7, 11) is 1.49. The Kier molecular flexibility index (Phi) is 4.66. The number of hydrogen-bond donors (Lipinski definition) is 0. The summed E-state index contributed by atoms with van der Waals surface area (Å²) in [5, 5.41) is 0.225. The summed E-state index contributed by atoms with van der Waals surface area (Å²) in [4.78, 5) is 10.5. The van der Waals surface area contributed by atoms with Gasteiger partial charge >= 0.3 is 0 Å². The maximum absolute atomic E-state index is 14.2. The third kappa shape index (κ3) is 3.11. The molecule has 1 aliphatic heterocycles. The van der Waals surface area contributed by atoms with Gasteiger partial charge in [0.2, 0.25) is 5.28 Å². The predicted octanol–water partition coefficient (Wildman–Crippen LogP) is 4.18. The fourth-order valence-electron chi connectivity index (χ4n) is 3.26. The lowest BCUT2D eigenvalue weighted by molar-refractivity contribution is 0.385. The number of aromatic nitrogens is 2. The van der Waals surface area contributed by atoms with Crippen molar-refractivity contribution in [2.75, 3.05) is 18.6 Å². The number of methoxy groups -OCH3 is 1. The van der Waals surface area contributed by atoms with Gasteiger partial charge < -0.3 is 9.64 Å². The van der Waals surface area contributed by atoms with E-state index in [1.165, 1.54) is 7.11 Å². The Hall–Kier alpha value is -1.88. The van der Waals surface area contributed by atoms with Gasteiger partial charge in [0.15, 0.2) is 11.6 Å². The van der Waals surface area contributed by atoms with Crippen LogP contribution in [-0.4, -0.2) is 23.6 Å². The maximum Gasteiger partial charge on any atom is 0.224 e. The number of aryl methyl sites for hydroxylation is 1. The summed E-state index contributed by atoms with van der Waals surface area (Å²) < 4.78 is 19.3. The molecule has 6 heteroatoms.